The number of ether oxygens (including phenoxy) is 8. The molecule has 2 N–H and O–H groups in total. The lowest BCUT2D eigenvalue weighted by atomic mass is 10.2. The molecule has 13 nitrogen and oxygen atoms in total. The summed E-state index contributed by atoms with van der Waals surface area (Å²) in [5.41, 5.74) is -0.511. The van der Waals surface area contributed by atoms with Crippen LogP contribution in [0, 0.1) is 0 Å². The molecule has 0 saturated carbocycles. The van der Waals surface area contributed by atoms with Crippen LogP contribution >= 0.6 is 0 Å². The molecule has 0 aliphatic carbocycles. The molecule has 0 fully saturated rings. The maximum atomic E-state index is 11.5. The van der Waals surface area contributed by atoms with Crippen LogP contribution in [-0.4, -0.2) is 148 Å². The van der Waals surface area contributed by atoms with E-state index in [1.165, 1.54) is 7.11 Å². The zero-order chi connectivity index (χ0) is 31.2. The molecule has 0 atom stereocenters. The molecule has 1 amide bonds. The van der Waals surface area contributed by atoms with Crippen LogP contribution in [0.4, 0.5) is 4.79 Å². The van der Waals surface area contributed by atoms with Gasteiger partial charge in [0.1, 0.15) is 5.60 Å². The highest BCUT2D eigenvalue weighted by molar-refractivity contribution is 5.69. The zero-order valence-corrected chi connectivity index (χ0v) is 26.9. The molecule has 0 aromatic carbocycles. The standard InChI is InChI=1S/C29H59N3O10/c1-6-30-10-8-12-32(13-17-38-21-25-40-23-19-36-15-7-9-27(33)35-5)14-18-39-22-26-41-24-20-37-16-11-31-28(34)42-29(2,3)4/h30H,6-26H2,1-5H3,(H,31,34). The molecule has 0 aromatic heterocycles. The number of amides is 1. The third-order valence-corrected chi connectivity index (χ3v) is 5.48. The second-order valence-corrected chi connectivity index (χ2v) is 10.3. The summed E-state index contributed by atoms with van der Waals surface area (Å²) in [5.74, 6) is -0.219. The van der Waals surface area contributed by atoms with Crippen molar-refractivity contribution in [2.45, 2.75) is 52.6 Å². The minimum atomic E-state index is -0.511. The van der Waals surface area contributed by atoms with E-state index in [0.717, 1.165) is 39.1 Å². The summed E-state index contributed by atoms with van der Waals surface area (Å²) in [4.78, 5) is 24.9. The lowest BCUT2D eigenvalue weighted by Gasteiger charge is -2.22. The molecule has 0 aromatic rings. The van der Waals surface area contributed by atoms with E-state index < -0.39 is 11.7 Å². The Morgan fingerprint density at radius 1 is 0.643 bits per heavy atom. The summed E-state index contributed by atoms with van der Waals surface area (Å²) in [5, 5.41) is 6.01. The normalized spacial score (nSPS) is 11.7. The van der Waals surface area contributed by atoms with E-state index in [1.807, 2.05) is 20.8 Å². The van der Waals surface area contributed by atoms with Crippen molar-refractivity contribution in [3.8, 4) is 0 Å². The molecule has 42 heavy (non-hydrogen) atoms. The Bertz CT molecular complexity index is 623. The van der Waals surface area contributed by atoms with Gasteiger partial charge in [0.25, 0.3) is 0 Å². The highest BCUT2D eigenvalue weighted by Gasteiger charge is 2.15. The van der Waals surface area contributed by atoms with Crippen LogP contribution < -0.4 is 10.6 Å². The number of nitrogens with one attached hydrogen (secondary N) is 2. The van der Waals surface area contributed by atoms with Gasteiger partial charge in [0.05, 0.1) is 79.8 Å². The Kier molecular flexibility index (Phi) is 28.4. The Morgan fingerprint density at radius 3 is 1.64 bits per heavy atom. The Hall–Kier alpha value is -1.58. The number of alkyl carbamates (subject to hydrolysis) is 1. The number of hydrogen-bond acceptors (Lipinski definition) is 12. The Morgan fingerprint density at radius 2 is 1.14 bits per heavy atom. The van der Waals surface area contributed by atoms with E-state index in [2.05, 4.69) is 27.2 Å². The summed E-state index contributed by atoms with van der Waals surface area (Å²) in [6, 6.07) is 0. The van der Waals surface area contributed by atoms with E-state index in [1.54, 1.807) is 0 Å². The third kappa shape index (κ3) is 31.4. The van der Waals surface area contributed by atoms with Crippen molar-refractivity contribution in [1.82, 2.24) is 15.5 Å². The van der Waals surface area contributed by atoms with Gasteiger partial charge in [-0.1, -0.05) is 6.92 Å². The van der Waals surface area contributed by atoms with Crippen LogP contribution in [-0.2, 0) is 42.7 Å². The molecule has 0 radical (unpaired) electrons. The molecule has 0 aliphatic rings. The number of nitrogens with zero attached hydrogens (tertiary/aromatic N) is 1. The maximum absolute atomic E-state index is 11.5. The van der Waals surface area contributed by atoms with E-state index in [9.17, 15) is 9.59 Å². The number of carbonyl (C=O) groups is 2. The monoisotopic (exact) mass is 609 g/mol. The quantitative estimate of drug-likeness (QED) is 0.0909. The predicted molar refractivity (Wildman–Crippen MR) is 160 cm³/mol. The highest BCUT2D eigenvalue weighted by Crippen LogP contribution is 2.06. The molecular weight excluding hydrogens is 550 g/mol. The first kappa shape index (κ1) is 40.4. The lowest BCUT2D eigenvalue weighted by Crippen LogP contribution is -2.34. The van der Waals surface area contributed by atoms with Gasteiger partial charge in [0.2, 0.25) is 0 Å². The van der Waals surface area contributed by atoms with Crippen molar-refractivity contribution >= 4 is 12.1 Å². The van der Waals surface area contributed by atoms with Gasteiger partial charge < -0.3 is 48.5 Å². The lowest BCUT2D eigenvalue weighted by molar-refractivity contribution is -0.141. The molecule has 0 aliphatic heterocycles. The minimum Gasteiger partial charge on any atom is -0.469 e. The SMILES string of the molecule is CCNCCCN(CCOCCOCCOCCCC(=O)OC)CCOCCOCCOCCNC(=O)OC(C)(C)C. The van der Waals surface area contributed by atoms with Gasteiger partial charge in [-0.25, -0.2) is 4.79 Å². The minimum absolute atomic E-state index is 0.219. The van der Waals surface area contributed by atoms with E-state index in [0.29, 0.717) is 98.7 Å². The number of esters is 1. The van der Waals surface area contributed by atoms with E-state index in [4.69, 9.17) is 33.2 Å². The molecule has 250 valence electrons. The molecule has 0 unspecified atom stereocenters. The van der Waals surface area contributed by atoms with Crippen molar-refractivity contribution in [2.24, 2.45) is 0 Å². The van der Waals surface area contributed by atoms with Crippen LogP contribution in [0.2, 0.25) is 0 Å². The summed E-state index contributed by atoms with van der Waals surface area (Å²) < 4.78 is 43.2. The van der Waals surface area contributed by atoms with Crippen molar-refractivity contribution in [2.75, 3.05) is 126 Å². The third-order valence-electron chi connectivity index (χ3n) is 5.48. The average Bonchev–Trinajstić information content (AvgIpc) is 2.94. The van der Waals surface area contributed by atoms with Crippen LogP contribution in [0.15, 0.2) is 0 Å². The van der Waals surface area contributed by atoms with Gasteiger partial charge in [0.15, 0.2) is 0 Å². The first-order chi connectivity index (χ1) is 20.3. The smallest absolute Gasteiger partial charge is 0.407 e. The summed E-state index contributed by atoms with van der Waals surface area (Å²) >= 11 is 0. The number of hydrogen-bond donors (Lipinski definition) is 2. The van der Waals surface area contributed by atoms with Crippen LogP contribution in [0.1, 0.15) is 47.0 Å². The van der Waals surface area contributed by atoms with E-state index in [-0.39, 0.29) is 5.97 Å². The average molecular weight is 610 g/mol. The van der Waals surface area contributed by atoms with Gasteiger partial charge in [-0.3, -0.25) is 9.69 Å². The topological polar surface area (TPSA) is 135 Å². The fourth-order valence-corrected chi connectivity index (χ4v) is 3.37. The summed E-state index contributed by atoms with van der Waals surface area (Å²) in [6.07, 6.45) is 1.63. The number of methoxy groups -OCH3 is 1. The zero-order valence-electron chi connectivity index (χ0n) is 26.9. The largest absolute Gasteiger partial charge is 0.469 e. The highest BCUT2D eigenvalue weighted by atomic mass is 16.6. The fourth-order valence-electron chi connectivity index (χ4n) is 3.37. The molecule has 0 bridgehead atoms. The van der Waals surface area contributed by atoms with Gasteiger partial charge >= 0.3 is 12.1 Å². The molecule has 0 saturated heterocycles. The van der Waals surface area contributed by atoms with Gasteiger partial charge in [-0.2, -0.15) is 0 Å². The van der Waals surface area contributed by atoms with Crippen LogP contribution in [0.3, 0.4) is 0 Å². The molecular formula is C29H59N3O10. The van der Waals surface area contributed by atoms with Crippen molar-refractivity contribution in [3.05, 3.63) is 0 Å². The maximum Gasteiger partial charge on any atom is 0.407 e. The van der Waals surface area contributed by atoms with Crippen molar-refractivity contribution in [3.63, 3.8) is 0 Å². The molecule has 13 heteroatoms. The molecule has 0 spiro atoms. The fraction of sp³-hybridized carbons (Fsp3) is 0.931. The first-order valence-electron chi connectivity index (χ1n) is 15.2. The second-order valence-electron chi connectivity index (χ2n) is 10.3. The Labute approximate surface area is 253 Å². The number of rotatable bonds is 30. The Balaban J connectivity index is 3.72. The van der Waals surface area contributed by atoms with Gasteiger partial charge in [-0.15, -0.1) is 0 Å². The first-order valence-corrected chi connectivity index (χ1v) is 15.2. The molecule has 0 heterocycles. The van der Waals surface area contributed by atoms with Crippen molar-refractivity contribution < 1.29 is 47.5 Å². The van der Waals surface area contributed by atoms with Gasteiger partial charge in [0, 0.05) is 32.7 Å². The summed E-state index contributed by atoms with van der Waals surface area (Å²) in [6.45, 7) is 18.7. The van der Waals surface area contributed by atoms with Gasteiger partial charge in [-0.05, 0) is 53.2 Å². The van der Waals surface area contributed by atoms with E-state index >= 15 is 0 Å². The van der Waals surface area contributed by atoms with Crippen LogP contribution in [0.5, 0.6) is 0 Å². The number of carbonyl (C=O) groups excluding carboxylic acids is 2. The van der Waals surface area contributed by atoms with Crippen LogP contribution in [0.25, 0.3) is 0 Å². The second kappa shape index (κ2) is 29.5. The predicted octanol–water partition coefficient (Wildman–Crippen LogP) is 1.87. The molecule has 0 rings (SSSR count). The van der Waals surface area contributed by atoms with Crippen molar-refractivity contribution in [1.29, 1.82) is 0 Å². The summed E-state index contributed by atoms with van der Waals surface area (Å²) in [7, 11) is 1.38.